The van der Waals surface area contributed by atoms with Gasteiger partial charge in [0.2, 0.25) is 5.88 Å². The summed E-state index contributed by atoms with van der Waals surface area (Å²) in [7, 11) is 1.99. The number of ether oxygens (including phenoxy) is 1. The Labute approximate surface area is 93.5 Å². The Kier molecular flexibility index (Phi) is 2.60. The molecule has 4 nitrogen and oxygen atoms in total. The smallest absolute Gasteiger partial charge is 0.223 e. The number of thiazole rings is 1. The van der Waals surface area contributed by atoms with E-state index in [1.54, 1.807) is 5.38 Å². The Balaban J connectivity index is 2.06. The van der Waals surface area contributed by atoms with E-state index in [0.717, 1.165) is 18.2 Å². The zero-order valence-electron chi connectivity index (χ0n) is 9.23. The van der Waals surface area contributed by atoms with Crippen molar-refractivity contribution in [3.8, 4) is 5.88 Å². The average Bonchev–Trinajstić information content (AvgIpc) is 2.71. The lowest BCUT2D eigenvalue weighted by Crippen LogP contribution is -2.32. The Morgan fingerprint density at radius 3 is 2.87 bits per heavy atom. The molecular formula is C10H16N2O2S. The van der Waals surface area contributed by atoms with E-state index in [0.29, 0.717) is 6.04 Å². The summed E-state index contributed by atoms with van der Waals surface area (Å²) in [6, 6.07) is 0.352. The Morgan fingerprint density at radius 1 is 1.67 bits per heavy atom. The third kappa shape index (κ3) is 2.23. The summed E-state index contributed by atoms with van der Waals surface area (Å²) in [5.41, 5.74) is -0.0434. The number of nitrogens with zero attached hydrogens (tertiary/aromatic N) is 2. The van der Waals surface area contributed by atoms with Gasteiger partial charge < -0.3 is 14.7 Å². The first-order valence-electron chi connectivity index (χ1n) is 4.99. The number of aromatic hydroxyl groups is 1. The molecular weight excluding hydrogens is 212 g/mol. The molecule has 0 spiro atoms. The molecule has 1 atom stereocenters. The minimum atomic E-state index is -0.0434. The van der Waals surface area contributed by atoms with Crippen LogP contribution in [0, 0.1) is 0 Å². The second-order valence-electron chi connectivity index (χ2n) is 4.53. The van der Waals surface area contributed by atoms with Gasteiger partial charge in [-0.1, -0.05) is 0 Å². The van der Waals surface area contributed by atoms with E-state index in [9.17, 15) is 5.11 Å². The van der Waals surface area contributed by atoms with E-state index in [1.807, 2.05) is 7.05 Å². The van der Waals surface area contributed by atoms with Crippen molar-refractivity contribution in [1.82, 2.24) is 4.98 Å². The fraction of sp³-hybridized carbons (Fsp3) is 0.700. The lowest BCUT2D eigenvalue weighted by atomic mass is 10.0. The number of hydrogen-bond acceptors (Lipinski definition) is 5. The molecule has 1 N–H and O–H groups in total. The third-order valence-corrected chi connectivity index (χ3v) is 3.64. The molecule has 0 aromatic carbocycles. The van der Waals surface area contributed by atoms with Crippen LogP contribution >= 0.6 is 11.3 Å². The van der Waals surface area contributed by atoms with Crippen LogP contribution in [-0.4, -0.2) is 35.4 Å². The molecule has 0 radical (unpaired) electrons. The monoisotopic (exact) mass is 228 g/mol. The maximum absolute atomic E-state index is 9.19. The maximum Gasteiger partial charge on any atom is 0.223 e. The summed E-state index contributed by atoms with van der Waals surface area (Å²) < 4.78 is 5.68. The van der Waals surface area contributed by atoms with Gasteiger partial charge in [-0.25, -0.2) is 0 Å². The molecule has 0 amide bonds. The molecule has 2 rings (SSSR count). The second kappa shape index (κ2) is 3.64. The highest BCUT2D eigenvalue weighted by atomic mass is 32.1. The van der Waals surface area contributed by atoms with E-state index in [-0.39, 0.29) is 11.5 Å². The number of anilines is 1. The number of rotatable bonds is 2. The van der Waals surface area contributed by atoms with Crippen LogP contribution in [0.2, 0.25) is 0 Å². The number of hydrogen-bond donors (Lipinski definition) is 1. The predicted molar refractivity (Wildman–Crippen MR) is 60.6 cm³/mol. The van der Waals surface area contributed by atoms with E-state index in [2.05, 4.69) is 23.7 Å². The quantitative estimate of drug-likeness (QED) is 0.839. The molecule has 5 heteroatoms. The van der Waals surface area contributed by atoms with Crippen molar-refractivity contribution in [3.05, 3.63) is 5.38 Å². The summed E-state index contributed by atoms with van der Waals surface area (Å²) in [6.07, 6.45) is 0.990. The molecule has 15 heavy (non-hydrogen) atoms. The molecule has 84 valence electrons. The van der Waals surface area contributed by atoms with Gasteiger partial charge >= 0.3 is 0 Å². The van der Waals surface area contributed by atoms with Crippen molar-refractivity contribution < 1.29 is 9.84 Å². The van der Waals surface area contributed by atoms with E-state index < -0.39 is 0 Å². The van der Waals surface area contributed by atoms with Gasteiger partial charge in [0.15, 0.2) is 5.13 Å². The first kappa shape index (κ1) is 10.7. The zero-order valence-corrected chi connectivity index (χ0v) is 10.0. The molecule has 0 aliphatic carbocycles. The van der Waals surface area contributed by atoms with Gasteiger partial charge in [0.1, 0.15) is 0 Å². The molecule has 0 saturated carbocycles. The van der Waals surface area contributed by atoms with E-state index in [1.165, 1.54) is 11.3 Å². The van der Waals surface area contributed by atoms with Crippen molar-refractivity contribution in [3.63, 3.8) is 0 Å². The van der Waals surface area contributed by atoms with Gasteiger partial charge in [0.25, 0.3) is 0 Å². The highest BCUT2D eigenvalue weighted by Gasteiger charge is 2.34. The van der Waals surface area contributed by atoms with Crippen LogP contribution in [-0.2, 0) is 4.74 Å². The van der Waals surface area contributed by atoms with Crippen LogP contribution in [0.3, 0.4) is 0 Å². The first-order valence-corrected chi connectivity index (χ1v) is 5.87. The first-order chi connectivity index (χ1) is 6.98. The van der Waals surface area contributed by atoms with Gasteiger partial charge in [0, 0.05) is 7.05 Å². The van der Waals surface area contributed by atoms with Crippen molar-refractivity contribution in [2.24, 2.45) is 0 Å². The standard InChI is InChI=1S/C10H16N2O2S/c1-10(2)4-7(5-14-10)12(3)9-11-8(13)6-15-9/h6-7,13H,4-5H2,1-3H3. The minimum absolute atomic E-state index is 0.0434. The minimum Gasteiger partial charge on any atom is -0.493 e. The van der Waals surface area contributed by atoms with Crippen molar-refractivity contribution in [2.45, 2.75) is 31.9 Å². The Morgan fingerprint density at radius 2 is 2.40 bits per heavy atom. The molecule has 1 unspecified atom stereocenters. The van der Waals surface area contributed by atoms with Gasteiger partial charge in [-0.3, -0.25) is 0 Å². The predicted octanol–water partition coefficient (Wildman–Crippen LogP) is 1.85. The molecule has 1 fully saturated rings. The number of aromatic nitrogens is 1. The Bertz CT molecular complexity index is 351. The lowest BCUT2D eigenvalue weighted by molar-refractivity contribution is 0.0361. The normalized spacial score (nSPS) is 24.3. The molecule has 1 aromatic rings. The zero-order chi connectivity index (χ0) is 11.1. The summed E-state index contributed by atoms with van der Waals surface area (Å²) in [5.74, 6) is 0.0972. The van der Waals surface area contributed by atoms with Crippen LogP contribution in [0.4, 0.5) is 5.13 Å². The van der Waals surface area contributed by atoms with Gasteiger partial charge in [-0.05, 0) is 20.3 Å². The maximum atomic E-state index is 9.19. The largest absolute Gasteiger partial charge is 0.493 e. The van der Waals surface area contributed by atoms with Crippen molar-refractivity contribution >= 4 is 16.5 Å². The van der Waals surface area contributed by atoms with E-state index >= 15 is 0 Å². The highest BCUT2D eigenvalue weighted by molar-refractivity contribution is 7.13. The summed E-state index contributed by atoms with van der Waals surface area (Å²) in [5, 5.41) is 11.7. The molecule has 0 bridgehead atoms. The molecule has 1 saturated heterocycles. The van der Waals surface area contributed by atoms with Crippen LogP contribution in [0.1, 0.15) is 20.3 Å². The lowest BCUT2D eigenvalue weighted by Gasteiger charge is -2.23. The average molecular weight is 228 g/mol. The van der Waals surface area contributed by atoms with Crippen LogP contribution in [0.25, 0.3) is 0 Å². The van der Waals surface area contributed by atoms with Gasteiger partial charge in [-0.2, -0.15) is 4.98 Å². The molecule has 1 aliphatic rings. The summed E-state index contributed by atoms with van der Waals surface area (Å²) >= 11 is 1.45. The van der Waals surface area contributed by atoms with Crippen LogP contribution < -0.4 is 4.90 Å². The van der Waals surface area contributed by atoms with E-state index in [4.69, 9.17) is 4.74 Å². The van der Waals surface area contributed by atoms with Crippen LogP contribution in [0.15, 0.2) is 5.38 Å². The topological polar surface area (TPSA) is 45.6 Å². The molecule has 2 heterocycles. The fourth-order valence-electron chi connectivity index (χ4n) is 1.83. The highest BCUT2D eigenvalue weighted by Crippen LogP contribution is 2.32. The number of likely N-dealkylation sites (N-methyl/N-ethyl adjacent to an activating group) is 1. The second-order valence-corrected chi connectivity index (χ2v) is 5.36. The third-order valence-electron chi connectivity index (χ3n) is 2.72. The fourth-order valence-corrected chi connectivity index (χ4v) is 2.56. The molecule has 1 aromatic heterocycles. The van der Waals surface area contributed by atoms with Crippen LogP contribution in [0.5, 0.6) is 5.88 Å². The van der Waals surface area contributed by atoms with Crippen molar-refractivity contribution in [2.75, 3.05) is 18.6 Å². The van der Waals surface area contributed by atoms with Gasteiger partial charge in [-0.15, -0.1) is 11.3 Å². The van der Waals surface area contributed by atoms with Crippen molar-refractivity contribution in [1.29, 1.82) is 0 Å². The summed E-state index contributed by atoms with van der Waals surface area (Å²) in [6.45, 7) is 4.92. The summed E-state index contributed by atoms with van der Waals surface area (Å²) in [4.78, 5) is 6.13. The molecule has 1 aliphatic heterocycles. The Hall–Kier alpha value is -0.810. The SMILES string of the molecule is CN(c1nc(O)cs1)C1COC(C)(C)C1. The van der Waals surface area contributed by atoms with Gasteiger partial charge in [0.05, 0.1) is 23.6 Å².